The number of nitrogens with zero attached hydrogens (tertiary/aromatic N) is 2. The summed E-state index contributed by atoms with van der Waals surface area (Å²) >= 11 is 0. The van der Waals surface area contributed by atoms with Crippen molar-refractivity contribution in [1.29, 1.82) is 10.5 Å². The van der Waals surface area contributed by atoms with Gasteiger partial charge < -0.3 is 4.74 Å². The van der Waals surface area contributed by atoms with Gasteiger partial charge in [0.05, 0.1) is 11.1 Å². The van der Waals surface area contributed by atoms with Gasteiger partial charge in [0.15, 0.2) is 0 Å². The van der Waals surface area contributed by atoms with E-state index < -0.39 is 5.97 Å². The van der Waals surface area contributed by atoms with Crippen molar-refractivity contribution in [3.05, 3.63) is 64.2 Å². The zero-order valence-corrected chi connectivity index (χ0v) is 21.2. The van der Waals surface area contributed by atoms with E-state index in [-0.39, 0.29) is 16.7 Å². The second-order valence-electron chi connectivity index (χ2n) is 10.7. The van der Waals surface area contributed by atoms with Crippen LogP contribution in [0.1, 0.15) is 117 Å². The van der Waals surface area contributed by atoms with E-state index in [1.165, 1.54) is 69.8 Å². The number of benzene rings is 2. The number of esters is 1. The first kappa shape index (κ1) is 25.0. The predicted molar refractivity (Wildman–Crippen MR) is 137 cm³/mol. The van der Waals surface area contributed by atoms with Gasteiger partial charge in [0.25, 0.3) is 0 Å². The number of fused-ring (bicyclic) bond motifs is 3. The average Bonchev–Trinajstić information content (AvgIpc) is 2.90. The van der Waals surface area contributed by atoms with Crippen LogP contribution in [-0.2, 0) is 11.8 Å². The maximum absolute atomic E-state index is 12.9. The number of unbranched alkanes of at least 4 members (excludes halogenated alkanes) is 2. The first-order valence-corrected chi connectivity index (χ1v) is 13.3. The summed E-state index contributed by atoms with van der Waals surface area (Å²) in [5.74, 6) is -0.351. The van der Waals surface area contributed by atoms with Gasteiger partial charge in [-0.1, -0.05) is 57.7 Å². The summed E-state index contributed by atoms with van der Waals surface area (Å²) in [7, 11) is 0. The molecule has 4 nitrogen and oxygen atoms in total. The Morgan fingerprint density at radius 3 is 2.09 bits per heavy atom. The molecule has 0 unspecified atom stereocenters. The van der Waals surface area contributed by atoms with Crippen LogP contribution in [0, 0.1) is 28.1 Å². The molecule has 4 heteroatoms. The molecular weight excluding hydrogens is 432 g/mol. The van der Waals surface area contributed by atoms with Gasteiger partial charge in [-0.25, -0.2) is 4.79 Å². The Labute approximate surface area is 209 Å². The van der Waals surface area contributed by atoms with Crippen LogP contribution in [0.4, 0.5) is 0 Å². The van der Waals surface area contributed by atoms with Crippen molar-refractivity contribution >= 4 is 5.97 Å². The number of nitriles is 2. The molecule has 0 amide bonds. The van der Waals surface area contributed by atoms with E-state index in [9.17, 15) is 15.3 Å². The Morgan fingerprint density at radius 1 is 0.857 bits per heavy atom. The molecule has 0 radical (unpaired) electrons. The number of rotatable bonds is 9. The van der Waals surface area contributed by atoms with Crippen molar-refractivity contribution in [2.24, 2.45) is 5.41 Å². The SMILES string of the molecule is CCCCCC12CCC(c3ccc(C(=O)Oc4ccc(CCC)c(C#N)c4C#N)cc3)(CC1)CC2. The van der Waals surface area contributed by atoms with Crippen LogP contribution < -0.4 is 4.74 Å². The third-order valence-electron chi connectivity index (χ3n) is 8.64. The van der Waals surface area contributed by atoms with Gasteiger partial charge in [-0.15, -0.1) is 0 Å². The number of aryl methyl sites for hydroxylation is 1. The molecule has 3 aliphatic rings. The van der Waals surface area contributed by atoms with Crippen LogP contribution >= 0.6 is 0 Å². The van der Waals surface area contributed by atoms with E-state index in [2.05, 4.69) is 31.2 Å². The van der Waals surface area contributed by atoms with E-state index in [1.54, 1.807) is 12.1 Å². The van der Waals surface area contributed by atoms with Crippen LogP contribution in [0.15, 0.2) is 36.4 Å². The quantitative estimate of drug-likeness (QED) is 0.214. The number of hydrogen-bond acceptors (Lipinski definition) is 4. The van der Waals surface area contributed by atoms with Crippen molar-refractivity contribution < 1.29 is 9.53 Å². The molecule has 0 atom stereocenters. The number of carbonyl (C=O) groups is 1. The van der Waals surface area contributed by atoms with E-state index in [4.69, 9.17) is 4.74 Å². The minimum absolute atomic E-state index is 0.133. The Hall–Kier alpha value is -3.11. The molecule has 3 saturated carbocycles. The molecule has 182 valence electrons. The fraction of sp³-hybridized carbons (Fsp3) is 0.516. The summed E-state index contributed by atoms with van der Waals surface area (Å²) in [5.41, 5.74) is 3.87. The largest absolute Gasteiger partial charge is 0.421 e. The lowest BCUT2D eigenvalue weighted by Crippen LogP contribution is -2.44. The highest BCUT2D eigenvalue weighted by atomic mass is 16.5. The van der Waals surface area contributed by atoms with E-state index in [0.717, 1.165) is 12.0 Å². The molecule has 3 fully saturated rings. The molecule has 0 spiro atoms. The van der Waals surface area contributed by atoms with Crippen molar-refractivity contribution in [1.82, 2.24) is 0 Å². The molecule has 2 aromatic rings. The normalized spacial score (nSPS) is 22.9. The van der Waals surface area contributed by atoms with Crippen LogP contribution in [0.2, 0.25) is 0 Å². The Morgan fingerprint density at radius 2 is 1.51 bits per heavy atom. The summed E-state index contributed by atoms with van der Waals surface area (Å²) in [4.78, 5) is 12.9. The molecule has 0 heterocycles. The molecule has 0 saturated heterocycles. The molecule has 35 heavy (non-hydrogen) atoms. The van der Waals surface area contributed by atoms with Gasteiger partial charge in [-0.2, -0.15) is 10.5 Å². The lowest BCUT2D eigenvalue weighted by Gasteiger charge is -2.54. The molecule has 2 aromatic carbocycles. The molecule has 0 aromatic heterocycles. The monoisotopic (exact) mass is 468 g/mol. The topological polar surface area (TPSA) is 73.9 Å². The third kappa shape index (κ3) is 4.99. The lowest BCUT2D eigenvalue weighted by atomic mass is 9.51. The predicted octanol–water partition coefficient (Wildman–Crippen LogP) is 7.77. The third-order valence-corrected chi connectivity index (χ3v) is 8.64. The first-order chi connectivity index (χ1) is 17.0. The number of hydrogen-bond donors (Lipinski definition) is 0. The molecular formula is C31H36N2O2. The lowest BCUT2D eigenvalue weighted by molar-refractivity contribution is 0.0305. The maximum atomic E-state index is 12.9. The van der Waals surface area contributed by atoms with Gasteiger partial charge in [-0.3, -0.25) is 0 Å². The molecule has 2 bridgehead atoms. The Kier molecular flexibility index (Phi) is 7.61. The fourth-order valence-corrected chi connectivity index (χ4v) is 6.37. The number of ether oxygens (including phenoxy) is 1. The van der Waals surface area contributed by atoms with Gasteiger partial charge >= 0.3 is 5.97 Å². The highest BCUT2D eigenvalue weighted by Gasteiger charge is 2.48. The highest BCUT2D eigenvalue weighted by Crippen LogP contribution is 2.59. The zero-order chi connectivity index (χ0) is 24.9. The fourth-order valence-electron chi connectivity index (χ4n) is 6.37. The maximum Gasteiger partial charge on any atom is 0.343 e. The standard InChI is InChI=1S/C31H36N2O2/c1-3-5-6-14-30-15-18-31(19-16-30,20-17-30)25-11-8-24(9-12-25)29(34)35-28-13-10-23(7-4-2)26(21-32)27(28)22-33/h8-13H,3-7,14-20H2,1-2H3. The summed E-state index contributed by atoms with van der Waals surface area (Å²) < 4.78 is 5.59. The minimum atomic E-state index is -0.500. The molecule has 5 rings (SSSR count). The summed E-state index contributed by atoms with van der Waals surface area (Å²) in [6.07, 6.45) is 14.7. The van der Waals surface area contributed by atoms with Crippen molar-refractivity contribution in [3.8, 4) is 17.9 Å². The summed E-state index contributed by atoms with van der Waals surface area (Å²) in [6.45, 7) is 4.30. The van der Waals surface area contributed by atoms with E-state index >= 15 is 0 Å². The molecule has 0 aliphatic heterocycles. The second-order valence-corrected chi connectivity index (χ2v) is 10.7. The van der Waals surface area contributed by atoms with Crippen molar-refractivity contribution in [3.63, 3.8) is 0 Å². The molecule has 3 aliphatic carbocycles. The van der Waals surface area contributed by atoms with Crippen LogP contribution in [0.25, 0.3) is 0 Å². The Balaban J connectivity index is 1.46. The summed E-state index contributed by atoms with van der Waals surface area (Å²) in [6, 6.07) is 15.5. The Bertz CT molecular complexity index is 1130. The summed E-state index contributed by atoms with van der Waals surface area (Å²) in [5, 5.41) is 19.2. The first-order valence-electron chi connectivity index (χ1n) is 13.3. The van der Waals surface area contributed by atoms with Gasteiger partial charge in [-0.05, 0) is 91.5 Å². The zero-order valence-electron chi connectivity index (χ0n) is 21.2. The van der Waals surface area contributed by atoms with Crippen molar-refractivity contribution in [2.45, 2.75) is 96.3 Å². The number of carbonyl (C=O) groups excluding carboxylic acids is 1. The van der Waals surface area contributed by atoms with E-state index in [1.807, 2.05) is 19.1 Å². The van der Waals surface area contributed by atoms with Gasteiger partial charge in [0, 0.05) is 0 Å². The van der Waals surface area contributed by atoms with Crippen LogP contribution in [0.5, 0.6) is 5.75 Å². The highest BCUT2D eigenvalue weighted by molar-refractivity contribution is 5.91. The average molecular weight is 469 g/mol. The van der Waals surface area contributed by atoms with Gasteiger partial charge in [0.2, 0.25) is 0 Å². The van der Waals surface area contributed by atoms with Crippen molar-refractivity contribution in [2.75, 3.05) is 0 Å². The second kappa shape index (κ2) is 10.7. The van der Waals surface area contributed by atoms with Crippen LogP contribution in [-0.4, -0.2) is 5.97 Å². The van der Waals surface area contributed by atoms with Gasteiger partial charge in [0.1, 0.15) is 23.5 Å². The van der Waals surface area contributed by atoms with E-state index in [0.29, 0.717) is 23.0 Å². The van der Waals surface area contributed by atoms with Crippen LogP contribution in [0.3, 0.4) is 0 Å². The smallest absolute Gasteiger partial charge is 0.343 e. The molecule has 0 N–H and O–H groups in total. The minimum Gasteiger partial charge on any atom is -0.421 e.